The van der Waals surface area contributed by atoms with E-state index in [0.29, 0.717) is 74.2 Å². The third-order valence-electron chi connectivity index (χ3n) is 21.8. The molecule has 4 N–H and O–H groups in total. The number of amides is 4. The molecule has 3 aromatic carbocycles. The average Bonchev–Trinajstić information content (AvgIpc) is 1.62. The van der Waals surface area contributed by atoms with Gasteiger partial charge < -0.3 is 40.1 Å². The number of alkyl halides is 1. The zero-order chi connectivity index (χ0) is 72.8. The molecule has 0 spiro atoms. The van der Waals surface area contributed by atoms with Gasteiger partial charge in [0.1, 0.15) is 66.6 Å². The number of benzene rings is 3. The standard InChI is InChI=1S/C77H102F3N11O8SSi/c1-45(2)101(46(3)4,47(5)6)34-25-58-61(78)22-19-53-35-56(92)36-59(64(53)58)66-65(79)67-60(39-81-66)70(89-40-54-20-21-55(41-89)91(54)74(97)99-76(12,13)14)86-73(85-67)98-33-32-87-28-23-50(24-29-87)38-77(80)26-30-88(31-27-77)43-63(94)84-69(75(9,10)11)72(96)90-42-57(93)37-62(90)71(95)83-48(7)51-15-17-52(18-16-51)68-49(8)82-44-100-68/h15-19,22,35-36,39,44-48,50,54-55,57,62,69,92-93H,20-21,23-24,26-33,37-38,40-43H2,1-14H3,(H,83,95)(H,84,94)/t48-,54?,55?,57+,62-,69+/m0/s1. The quantitative estimate of drug-likeness (QED) is 0.0438. The first-order chi connectivity index (χ1) is 47.7. The van der Waals surface area contributed by atoms with E-state index >= 15 is 13.2 Å². The van der Waals surface area contributed by atoms with Gasteiger partial charge in [0.15, 0.2) is 5.82 Å². The number of aromatic nitrogens is 4. The molecule has 4 amide bonds. The van der Waals surface area contributed by atoms with Gasteiger partial charge in [0.05, 0.1) is 57.8 Å². The highest BCUT2D eigenvalue weighted by Gasteiger charge is 2.48. The number of aliphatic hydroxyl groups is 1. The van der Waals surface area contributed by atoms with Crippen molar-refractivity contribution in [3.05, 3.63) is 88.7 Å². The molecule has 0 saturated carbocycles. The van der Waals surface area contributed by atoms with Gasteiger partial charge in [0.2, 0.25) is 17.7 Å². The van der Waals surface area contributed by atoms with Crippen LogP contribution in [0.3, 0.4) is 0 Å². The number of nitrogens with one attached hydrogen (secondary N) is 2. The predicted octanol–water partition coefficient (Wildman–Crippen LogP) is 13.1. The van der Waals surface area contributed by atoms with E-state index in [1.54, 1.807) is 17.4 Å². The number of carbonyl (C=O) groups excluding carboxylic acids is 4. The number of aromatic hydroxyl groups is 1. The van der Waals surface area contributed by atoms with Crippen molar-refractivity contribution >= 4 is 70.7 Å². The maximum Gasteiger partial charge on any atom is 0.410 e. The first kappa shape index (κ1) is 74.7. The number of aryl methyl sites for hydroxylation is 1. The summed E-state index contributed by atoms with van der Waals surface area (Å²) in [5.41, 5.74) is 6.27. The molecule has 101 heavy (non-hydrogen) atoms. The van der Waals surface area contributed by atoms with Gasteiger partial charge in [-0.3, -0.25) is 34.1 Å². The van der Waals surface area contributed by atoms with Crippen LogP contribution in [0.1, 0.15) is 164 Å². The maximum absolute atomic E-state index is 18.0. The molecule has 11 rings (SSSR count). The number of phenols is 1. The van der Waals surface area contributed by atoms with Crippen molar-refractivity contribution in [2.45, 2.75) is 213 Å². The van der Waals surface area contributed by atoms with Crippen molar-refractivity contribution in [1.29, 1.82) is 0 Å². The van der Waals surface area contributed by atoms with Crippen LogP contribution in [0.25, 0.3) is 43.4 Å². The molecule has 8 heterocycles. The topological polar surface area (TPSA) is 219 Å². The Morgan fingerprint density at radius 2 is 1.50 bits per heavy atom. The number of carbonyl (C=O) groups is 4. The van der Waals surface area contributed by atoms with Gasteiger partial charge in [-0.05, 0) is 155 Å². The van der Waals surface area contributed by atoms with E-state index in [1.807, 2.05) is 99.9 Å². The number of β-amino-alcohol motifs (C(OH)–C–C–N with tert-alkyl or cyclic N) is 1. The lowest BCUT2D eigenvalue weighted by Gasteiger charge is -2.42. The summed E-state index contributed by atoms with van der Waals surface area (Å²) in [6.45, 7) is 31.5. The molecular formula is C77H102F3N11O8SSi. The summed E-state index contributed by atoms with van der Waals surface area (Å²) < 4.78 is 63.5. The highest BCUT2D eigenvalue weighted by Crippen LogP contribution is 2.45. The van der Waals surface area contributed by atoms with E-state index in [9.17, 15) is 29.4 Å². The van der Waals surface area contributed by atoms with Crippen molar-refractivity contribution in [3.8, 4) is 44.9 Å². The van der Waals surface area contributed by atoms with E-state index in [2.05, 4.69) is 73.5 Å². The monoisotopic (exact) mass is 1430 g/mol. The molecule has 6 atom stereocenters. The van der Waals surface area contributed by atoms with Crippen molar-refractivity contribution in [1.82, 2.24) is 50.2 Å². The number of ether oxygens (including phenoxy) is 2. The molecule has 5 aliphatic rings. The zero-order valence-corrected chi connectivity index (χ0v) is 63.0. The highest BCUT2D eigenvalue weighted by molar-refractivity contribution is 7.13. The van der Waals surface area contributed by atoms with Gasteiger partial charge in [-0.15, -0.1) is 16.9 Å². The van der Waals surface area contributed by atoms with Gasteiger partial charge in [0, 0.05) is 62.8 Å². The fourth-order valence-corrected chi connectivity index (χ4v) is 22.5. The van der Waals surface area contributed by atoms with Crippen LogP contribution in [0.5, 0.6) is 11.8 Å². The highest BCUT2D eigenvalue weighted by atomic mass is 32.1. The van der Waals surface area contributed by atoms with Gasteiger partial charge in [0.25, 0.3) is 0 Å². The van der Waals surface area contributed by atoms with Crippen LogP contribution in [0.2, 0.25) is 16.6 Å². The van der Waals surface area contributed by atoms with E-state index in [0.717, 1.165) is 47.4 Å². The summed E-state index contributed by atoms with van der Waals surface area (Å²) in [5.74, 6) is 1.05. The molecule has 3 aromatic heterocycles. The number of phenolic OH excluding ortho intramolecular Hbond substituents is 1. The Hall–Kier alpha value is -7.43. The van der Waals surface area contributed by atoms with E-state index in [-0.39, 0.29) is 132 Å². The number of piperidine rings is 2. The number of hydrogen-bond donors (Lipinski definition) is 4. The van der Waals surface area contributed by atoms with E-state index in [1.165, 1.54) is 29.3 Å². The molecule has 24 heteroatoms. The second-order valence-corrected chi connectivity index (χ2v) is 38.4. The summed E-state index contributed by atoms with van der Waals surface area (Å²) in [5, 5.41) is 29.2. The minimum absolute atomic E-state index is 0.0261. The molecule has 5 fully saturated rings. The number of thiazole rings is 1. The smallest absolute Gasteiger partial charge is 0.410 e. The van der Waals surface area contributed by atoms with Gasteiger partial charge in [-0.2, -0.15) is 9.97 Å². The lowest BCUT2D eigenvalue weighted by Crippen LogP contribution is -2.59. The summed E-state index contributed by atoms with van der Waals surface area (Å²) >= 11 is 1.56. The Labute approximate surface area is 597 Å². The predicted molar refractivity (Wildman–Crippen MR) is 392 cm³/mol. The Balaban J connectivity index is 0.725. The Bertz CT molecular complexity index is 4060. The van der Waals surface area contributed by atoms with Crippen molar-refractivity contribution in [2.24, 2.45) is 11.3 Å². The summed E-state index contributed by atoms with van der Waals surface area (Å²) in [4.78, 5) is 85.1. The Kier molecular flexibility index (Phi) is 22.3. The van der Waals surface area contributed by atoms with Crippen molar-refractivity contribution < 1.29 is 52.0 Å². The SMILES string of the molecule is Cc1ncsc1-c1ccc([C@H](C)NC(=O)[C@@H]2C[C@@H](O)CN2C(=O)[C@@H](NC(=O)CN2CCC(F)(CC3CCN(CCOc4nc(N5CC6CCC(C5)N6C(=O)OC(C)(C)C)c5cnc(-c6cc(O)cc7ccc(F)c(C#C[Si](C(C)C)(C(C)C)C(C)C)c67)c(F)c5n4)CC3)CC2)C(C)(C)C)cc1. The zero-order valence-electron chi connectivity index (χ0n) is 61.2. The Morgan fingerprint density at radius 1 is 0.832 bits per heavy atom. The fourth-order valence-electron chi connectivity index (χ4n) is 16.5. The molecule has 6 aromatic rings. The number of rotatable bonds is 19. The summed E-state index contributed by atoms with van der Waals surface area (Å²) in [6.07, 6.45) is 4.21. The van der Waals surface area contributed by atoms with Gasteiger partial charge in [-0.1, -0.05) is 98.6 Å². The second-order valence-electron chi connectivity index (χ2n) is 32.0. The number of piperazine rings is 1. The molecule has 0 radical (unpaired) electrons. The fraction of sp³-hybridized carbons (Fsp3) is 0.584. The number of aliphatic hydroxyl groups excluding tert-OH is 1. The normalized spacial score (nSPS) is 20.8. The van der Waals surface area contributed by atoms with Gasteiger partial charge in [-0.25, -0.2) is 22.9 Å². The van der Waals surface area contributed by atoms with Crippen LogP contribution in [-0.4, -0.2) is 189 Å². The first-order valence-electron chi connectivity index (χ1n) is 36.2. The first-order valence-corrected chi connectivity index (χ1v) is 39.3. The van der Waals surface area contributed by atoms with Crippen molar-refractivity contribution in [2.75, 3.05) is 70.4 Å². The number of fused-ring (bicyclic) bond motifs is 4. The number of anilines is 1. The number of nitrogens with zero attached hydrogens (tertiary/aromatic N) is 9. The third kappa shape index (κ3) is 16.3. The second kappa shape index (κ2) is 30.1. The molecule has 5 aliphatic heterocycles. The molecule has 544 valence electrons. The molecule has 19 nitrogen and oxygen atoms in total. The third-order valence-corrected chi connectivity index (χ3v) is 29.1. The number of likely N-dealkylation sites (tertiary alicyclic amines) is 3. The lowest BCUT2D eigenvalue weighted by molar-refractivity contribution is -0.144. The summed E-state index contributed by atoms with van der Waals surface area (Å²) in [6, 6.07) is 10.9. The van der Waals surface area contributed by atoms with Crippen molar-refractivity contribution in [3.63, 3.8) is 0 Å². The molecule has 5 saturated heterocycles. The van der Waals surface area contributed by atoms with Crippen LogP contribution in [0, 0.1) is 41.4 Å². The number of pyridine rings is 1. The van der Waals surface area contributed by atoms with Crippen LogP contribution in [0.4, 0.5) is 23.8 Å². The minimum Gasteiger partial charge on any atom is -0.508 e. The maximum atomic E-state index is 18.0. The molecule has 2 unspecified atom stereocenters. The molecule has 2 bridgehead atoms. The Morgan fingerprint density at radius 3 is 2.11 bits per heavy atom. The average molecular weight is 1430 g/mol. The largest absolute Gasteiger partial charge is 0.508 e. The van der Waals surface area contributed by atoms with Gasteiger partial charge >= 0.3 is 12.1 Å². The van der Waals surface area contributed by atoms with Crippen LogP contribution >= 0.6 is 11.3 Å². The van der Waals surface area contributed by atoms with E-state index < -0.39 is 60.5 Å². The minimum atomic E-state index is -2.38. The lowest BCUT2D eigenvalue weighted by atomic mass is 9.80. The number of hydrogen-bond acceptors (Lipinski definition) is 16. The molecular weight excluding hydrogens is 1320 g/mol. The number of halogens is 3. The van der Waals surface area contributed by atoms with Crippen LogP contribution < -0.4 is 20.3 Å². The van der Waals surface area contributed by atoms with E-state index in [4.69, 9.17) is 24.4 Å². The van der Waals surface area contributed by atoms with Crippen LogP contribution in [0.15, 0.2) is 60.2 Å². The summed E-state index contributed by atoms with van der Waals surface area (Å²) in [7, 11) is -2.38. The molecule has 0 aliphatic carbocycles. The van der Waals surface area contributed by atoms with Crippen LogP contribution in [-0.2, 0) is 19.1 Å².